The molecule has 0 spiro atoms. The minimum Gasteiger partial charge on any atom is -0.379 e. The molecule has 1 aliphatic heterocycles. The highest BCUT2D eigenvalue weighted by Gasteiger charge is 2.23. The first-order chi connectivity index (χ1) is 11.6. The SMILES string of the molecule is O=[N+]([O-])c1ccc2c(c1)cc(-c1ccc(Cl)cc1)n2[C@@H]1CCOC1. The number of nitrogens with zero attached hydrogens (tertiary/aromatic N) is 2. The first-order valence-corrected chi connectivity index (χ1v) is 8.14. The summed E-state index contributed by atoms with van der Waals surface area (Å²) in [6, 6.07) is 14.9. The van der Waals surface area contributed by atoms with Crippen molar-refractivity contribution in [2.45, 2.75) is 12.5 Å². The van der Waals surface area contributed by atoms with Gasteiger partial charge in [-0.2, -0.15) is 0 Å². The van der Waals surface area contributed by atoms with Crippen LogP contribution in [-0.2, 0) is 4.74 Å². The van der Waals surface area contributed by atoms with Crippen LogP contribution >= 0.6 is 11.6 Å². The second-order valence-corrected chi connectivity index (χ2v) is 6.36. The van der Waals surface area contributed by atoms with Gasteiger partial charge >= 0.3 is 0 Å². The standard InChI is InChI=1S/C18H15ClN2O3/c19-14-3-1-12(2-4-14)18-10-13-9-15(21(22)23)5-6-17(13)20(18)16-7-8-24-11-16/h1-6,9-10,16H,7-8,11H2/t16-/m1/s1. The van der Waals surface area contributed by atoms with Crippen LogP contribution in [-0.4, -0.2) is 22.7 Å². The van der Waals surface area contributed by atoms with E-state index in [0.717, 1.165) is 35.2 Å². The first-order valence-electron chi connectivity index (χ1n) is 7.76. The summed E-state index contributed by atoms with van der Waals surface area (Å²) in [4.78, 5) is 10.7. The zero-order chi connectivity index (χ0) is 16.7. The topological polar surface area (TPSA) is 57.3 Å². The van der Waals surface area contributed by atoms with E-state index >= 15 is 0 Å². The molecule has 1 fully saturated rings. The molecule has 0 bridgehead atoms. The van der Waals surface area contributed by atoms with Gasteiger partial charge in [-0.15, -0.1) is 0 Å². The van der Waals surface area contributed by atoms with Gasteiger partial charge in [-0.25, -0.2) is 0 Å². The Hall–Kier alpha value is -2.37. The van der Waals surface area contributed by atoms with Crippen LogP contribution in [0.1, 0.15) is 12.5 Å². The lowest BCUT2D eigenvalue weighted by Crippen LogP contribution is -2.09. The van der Waals surface area contributed by atoms with Crippen LogP contribution in [0.2, 0.25) is 5.02 Å². The van der Waals surface area contributed by atoms with Crippen molar-refractivity contribution >= 4 is 28.2 Å². The molecule has 0 amide bonds. The molecule has 2 aromatic carbocycles. The highest BCUT2D eigenvalue weighted by atomic mass is 35.5. The molecule has 2 heterocycles. The Balaban J connectivity index is 1.94. The van der Waals surface area contributed by atoms with Crippen LogP contribution in [0.15, 0.2) is 48.5 Å². The van der Waals surface area contributed by atoms with E-state index in [-0.39, 0.29) is 16.7 Å². The van der Waals surface area contributed by atoms with Crippen molar-refractivity contribution in [2.24, 2.45) is 0 Å². The van der Waals surface area contributed by atoms with Gasteiger partial charge in [-0.3, -0.25) is 10.1 Å². The number of aromatic nitrogens is 1. The van der Waals surface area contributed by atoms with Gasteiger partial charge in [0.15, 0.2) is 0 Å². The molecule has 6 heteroatoms. The predicted octanol–water partition coefficient (Wildman–Crippen LogP) is 4.83. The number of ether oxygens (including phenoxy) is 1. The van der Waals surface area contributed by atoms with E-state index in [4.69, 9.17) is 16.3 Å². The van der Waals surface area contributed by atoms with Crippen LogP contribution < -0.4 is 0 Å². The fourth-order valence-corrected chi connectivity index (χ4v) is 3.43. The molecule has 5 nitrogen and oxygen atoms in total. The van der Waals surface area contributed by atoms with Crippen LogP contribution in [0.4, 0.5) is 5.69 Å². The Kier molecular flexibility index (Phi) is 3.75. The number of benzene rings is 2. The molecular formula is C18H15ClN2O3. The largest absolute Gasteiger partial charge is 0.379 e. The van der Waals surface area contributed by atoms with Gasteiger partial charge < -0.3 is 9.30 Å². The average Bonchev–Trinajstić information content (AvgIpc) is 3.21. The third kappa shape index (κ3) is 2.56. The van der Waals surface area contributed by atoms with E-state index in [1.165, 1.54) is 0 Å². The Morgan fingerprint density at radius 1 is 1.17 bits per heavy atom. The van der Waals surface area contributed by atoms with Crippen LogP contribution in [0.25, 0.3) is 22.2 Å². The summed E-state index contributed by atoms with van der Waals surface area (Å²) < 4.78 is 7.78. The third-order valence-electron chi connectivity index (χ3n) is 4.44. The minimum absolute atomic E-state index is 0.102. The van der Waals surface area contributed by atoms with Gasteiger partial charge in [0.1, 0.15) is 0 Å². The van der Waals surface area contributed by atoms with Gasteiger partial charge in [0, 0.05) is 40.4 Å². The van der Waals surface area contributed by atoms with E-state index in [2.05, 4.69) is 4.57 Å². The molecule has 0 N–H and O–H groups in total. The minimum atomic E-state index is -0.364. The Morgan fingerprint density at radius 3 is 2.62 bits per heavy atom. The van der Waals surface area contributed by atoms with Gasteiger partial charge in [0.25, 0.3) is 5.69 Å². The zero-order valence-electron chi connectivity index (χ0n) is 12.8. The number of hydrogen-bond donors (Lipinski definition) is 0. The van der Waals surface area contributed by atoms with Gasteiger partial charge in [0.05, 0.1) is 17.6 Å². The molecule has 1 aromatic heterocycles. The summed E-state index contributed by atoms with van der Waals surface area (Å²) in [6.07, 6.45) is 0.932. The molecule has 0 unspecified atom stereocenters. The molecule has 3 aromatic rings. The quantitative estimate of drug-likeness (QED) is 0.506. The summed E-state index contributed by atoms with van der Waals surface area (Å²) in [5.41, 5.74) is 3.15. The lowest BCUT2D eigenvalue weighted by Gasteiger charge is -2.17. The maximum atomic E-state index is 11.1. The molecular weight excluding hydrogens is 328 g/mol. The monoisotopic (exact) mass is 342 g/mol. The molecule has 1 aliphatic rings. The average molecular weight is 343 g/mol. The maximum absolute atomic E-state index is 11.1. The van der Waals surface area contributed by atoms with Crippen LogP contribution in [0.5, 0.6) is 0 Å². The summed E-state index contributed by atoms with van der Waals surface area (Å²) in [7, 11) is 0. The summed E-state index contributed by atoms with van der Waals surface area (Å²) in [6.45, 7) is 1.39. The van der Waals surface area contributed by atoms with E-state index in [0.29, 0.717) is 11.6 Å². The van der Waals surface area contributed by atoms with Crippen LogP contribution in [0.3, 0.4) is 0 Å². The zero-order valence-corrected chi connectivity index (χ0v) is 13.6. The van der Waals surface area contributed by atoms with E-state index in [9.17, 15) is 10.1 Å². The number of nitro benzene ring substituents is 1. The third-order valence-corrected chi connectivity index (χ3v) is 4.70. The summed E-state index contributed by atoms with van der Waals surface area (Å²) >= 11 is 6.00. The Bertz CT molecular complexity index is 912. The van der Waals surface area contributed by atoms with Crippen molar-refractivity contribution in [2.75, 3.05) is 13.2 Å². The maximum Gasteiger partial charge on any atom is 0.270 e. The Labute approximate surface area is 143 Å². The number of hydrogen-bond acceptors (Lipinski definition) is 3. The molecule has 122 valence electrons. The number of rotatable bonds is 3. The molecule has 0 radical (unpaired) electrons. The smallest absolute Gasteiger partial charge is 0.270 e. The van der Waals surface area contributed by atoms with Gasteiger partial charge in [0.2, 0.25) is 0 Å². The van der Waals surface area contributed by atoms with Crippen molar-refractivity contribution < 1.29 is 9.66 Å². The number of fused-ring (bicyclic) bond motifs is 1. The Morgan fingerprint density at radius 2 is 1.96 bits per heavy atom. The van der Waals surface area contributed by atoms with Crippen LogP contribution in [0, 0.1) is 10.1 Å². The van der Waals surface area contributed by atoms with E-state index in [1.54, 1.807) is 12.1 Å². The number of non-ortho nitro benzene ring substituents is 1. The lowest BCUT2D eigenvalue weighted by atomic mass is 10.1. The van der Waals surface area contributed by atoms with Crippen molar-refractivity contribution in [1.82, 2.24) is 4.57 Å². The van der Waals surface area contributed by atoms with Gasteiger partial charge in [-0.05, 0) is 36.2 Å². The molecule has 0 saturated carbocycles. The number of nitro groups is 1. The highest BCUT2D eigenvalue weighted by molar-refractivity contribution is 6.30. The fourth-order valence-electron chi connectivity index (χ4n) is 3.30. The second kappa shape index (κ2) is 5.92. The van der Waals surface area contributed by atoms with E-state index < -0.39 is 0 Å². The summed E-state index contributed by atoms with van der Waals surface area (Å²) in [5, 5.41) is 12.6. The lowest BCUT2D eigenvalue weighted by molar-refractivity contribution is -0.384. The number of halogens is 1. The van der Waals surface area contributed by atoms with Gasteiger partial charge in [-0.1, -0.05) is 23.7 Å². The fraction of sp³-hybridized carbons (Fsp3) is 0.222. The first kappa shape index (κ1) is 15.2. The normalized spacial score (nSPS) is 17.5. The second-order valence-electron chi connectivity index (χ2n) is 5.92. The molecule has 4 rings (SSSR count). The molecule has 24 heavy (non-hydrogen) atoms. The molecule has 0 aliphatic carbocycles. The van der Waals surface area contributed by atoms with Crippen molar-refractivity contribution in [3.63, 3.8) is 0 Å². The predicted molar refractivity (Wildman–Crippen MR) is 93.5 cm³/mol. The molecule has 1 saturated heterocycles. The molecule has 1 atom stereocenters. The van der Waals surface area contributed by atoms with E-state index in [1.807, 2.05) is 36.4 Å². The summed E-state index contributed by atoms with van der Waals surface area (Å²) in [5.74, 6) is 0. The van der Waals surface area contributed by atoms with Crippen molar-refractivity contribution in [1.29, 1.82) is 0 Å². The van der Waals surface area contributed by atoms with Crippen molar-refractivity contribution in [3.05, 3.63) is 63.7 Å². The van der Waals surface area contributed by atoms with Crippen molar-refractivity contribution in [3.8, 4) is 11.3 Å². The highest BCUT2D eigenvalue weighted by Crippen LogP contribution is 2.36.